The first kappa shape index (κ1) is 17.3. The largest absolute Gasteiger partial charge is 0.487 e. The van der Waals surface area contributed by atoms with Gasteiger partial charge in [0.2, 0.25) is 0 Å². The summed E-state index contributed by atoms with van der Waals surface area (Å²) in [5, 5.41) is 0. The summed E-state index contributed by atoms with van der Waals surface area (Å²) in [5.41, 5.74) is 1.08. The maximum atomic E-state index is 12.3. The third kappa shape index (κ3) is 4.73. The van der Waals surface area contributed by atoms with Crippen molar-refractivity contribution in [3.8, 4) is 5.75 Å². The quantitative estimate of drug-likeness (QED) is 0.544. The molecule has 0 saturated carbocycles. The molecule has 0 bridgehead atoms. The molecule has 0 radical (unpaired) electrons. The van der Waals surface area contributed by atoms with Crippen LogP contribution in [0.25, 0.3) is 0 Å². The van der Waals surface area contributed by atoms with Gasteiger partial charge in [0.25, 0.3) is 0 Å². The molecule has 0 aliphatic heterocycles. The van der Waals surface area contributed by atoms with Crippen molar-refractivity contribution >= 4 is 13.4 Å². The van der Waals surface area contributed by atoms with Crippen LogP contribution in [-0.2, 0) is 20.2 Å². The van der Waals surface area contributed by atoms with E-state index in [1.807, 2.05) is 30.3 Å². The number of ketones is 1. The summed E-state index contributed by atoms with van der Waals surface area (Å²) >= 11 is 0. The Bertz CT molecular complexity index is 697. The standard InChI is InChI=1S/C16H18NO5P/c1-20-23(19,21-2)12-14(18)16-15(9-6-10-17-16)22-11-13-7-4-3-5-8-13/h3-10H,11-12H2,1-2H3. The normalized spacial score (nSPS) is 11.2. The second-order valence-corrected chi connectivity index (χ2v) is 6.95. The Morgan fingerprint density at radius 3 is 2.43 bits per heavy atom. The maximum Gasteiger partial charge on any atom is 0.337 e. The Labute approximate surface area is 134 Å². The van der Waals surface area contributed by atoms with E-state index < -0.39 is 19.5 Å². The molecule has 7 heteroatoms. The Morgan fingerprint density at radius 1 is 1.09 bits per heavy atom. The molecular weight excluding hydrogens is 317 g/mol. The van der Waals surface area contributed by atoms with Crippen LogP contribution in [0.4, 0.5) is 0 Å². The Kier molecular flexibility index (Phi) is 6.04. The van der Waals surface area contributed by atoms with Gasteiger partial charge in [0.15, 0.2) is 5.78 Å². The van der Waals surface area contributed by atoms with E-state index >= 15 is 0 Å². The zero-order valence-corrected chi connectivity index (χ0v) is 13.9. The van der Waals surface area contributed by atoms with Gasteiger partial charge in [-0.05, 0) is 17.7 Å². The Balaban J connectivity index is 2.14. The van der Waals surface area contributed by atoms with Gasteiger partial charge in [0.05, 0.1) is 0 Å². The molecule has 0 spiro atoms. The molecule has 23 heavy (non-hydrogen) atoms. The van der Waals surface area contributed by atoms with Crippen molar-refractivity contribution in [1.82, 2.24) is 4.98 Å². The van der Waals surface area contributed by atoms with Crippen molar-refractivity contribution in [1.29, 1.82) is 0 Å². The number of benzene rings is 1. The smallest absolute Gasteiger partial charge is 0.337 e. The van der Waals surface area contributed by atoms with Crippen LogP contribution < -0.4 is 4.74 Å². The molecule has 0 N–H and O–H groups in total. The number of hydrogen-bond acceptors (Lipinski definition) is 6. The minimum absolute atomic E-state index is 0.109. The number of pyridine rings is 1. The van der Waals surface area contributed by atoms with Crippen molar-refractivity contribution in [2.24, 2.45) is 0 Å². The van der Waals surface area contributed by atoms with Gasteiger partial charge in [-0.1, -0.05) is 30.3 Å². The summed E-state index contributed by atoms with van der Waals surface area (Å²) in [6.45, 7) is 0.305. The lowest BCUT2D eigenvalue weighted by Crippen LogP contribution is -2.12. The average Bonchev–Trinajstić information content (AvgIpc) is 2.61. The molecule has 1 aromatic carbocycles. The lowest BCUT2D eigenvalue weighted by molar-refractivity contribution is 0.0998. The zero-order valence-electron chi connectivity index (χ0n) is 13.0. The molecule has 2 rings (SSSR count). The summed E-state index contributed by atoms with van der Waals surface area (Å²) in [5.74, 6) is -0.124. The number of carbonyl (C=O) groups excluding carboxylic acids is 1. The molecule has 0 aliphatic carbocycles. The van der Waals surface area contributed by atoms with Crippen LogP contribution in [0.2, 0.25) is 0 Å². The highest BCUT2D eigenvalue weighted by atomic mass is 31.2. The summed E-state index contributed by atoms with van der Waals surface area (Å²) in [4.78, 5) is 16.4. The van der Waals surface area contributed by atoms with Gasteiger partial charge in [0.1, 0.15) is 24.2 Å². The number of nitrogens with zero attached hydrogens (tertiary/aromatic N) is 1. The molecular formula is C16H18NO5P. The van der Waals surface area contributed by atoms with E-state index in [2.05, 4.69) is 4.98 Å². The zero-order chi connectivity index (χ0) is 16.7. The second kappa shape index (κ2) is 8.02. The van der Waals surface area contributed by atoms with Gasteiger partial charge in [-0.15, -0.1) is 0 Å². The van der Waals surface area contributed by atoms with E-state index in [1.165, 1.54) is 20.4 Å². The number of aromatic nitrogens is 1. The molecule has 0 unspecified atom stereocenters. The van der Waals surface area contributed by atoms with Gasteiger partial charge < -0.3 is 13.8 Å². The first-order chi connectivity index (χ1) is 11.1. The van der Waals surface area contributed by atoms with Crippen LogP contribution in [-0.4, -0.2) is 31.1 Å². The van der Waals surface area contributed by atoms with Gasteiger partial charge in [-0.2, -0.15) is 0 Å². The molecule has 0 atom stereocenters. The van der Waals surface area contributed by atoms with E-state index in [1.54, 1.807) is 12.1 Å². The SMILES string of the molecule is COP(=O)(CC(=O)c1ncccc1OCc1ccccc1)OC. The predicted octanol–water partition coefficient (Wildman–Crippen LogP) is 3.33. The van der Waals surface area contributed by atoms with Crippen LogP contribution in [0.15, 0.2) is 48.7 Å². The minimum Gasteiger partial charge on any atom is -0.487 e. The minimum atomic E-state index is -3.44. The van der Waals surface area contributed by atoms with Crippen LogP contribution >= 0.6 is 7.60 Å². The van der Waals surface area contributed by atoms with Crippen molar-refractivity contribution in [2.45, 2.75) is 6.61 Å². The van der Waals surface area contributed by atoms with Gasteiger partial charge in [-0.3, -0.25) is 9.36 Å². The topological polar surface area (TPSA) is 74.7 Å². The van der Waals surface area contributed by atoms with Crippen molar-refractivity contribution in [3.63, 3.8) is 0 Å². The highest BCUT2D eigenvalue weighted by Crippen LogP contribution is 2.46. The third-order valence-electron chi connectivity index (χ3n) is 3.17. The fourth-order valence-corrected chi connectivity index (χ4v) is 2.81. The second-order valence-electron chi connectivity index (χ2n) is 4.68. The first-order valence-electron chi connectivity index (χ1n) is 6.93. The Morgan fingerprint density at radius 2 is 1.78 bits per heavy atom. The summed E-state index contributed by atoms with van der Waals surface area (Å²) < 4.78 is 27.3. The molecule has 6 nitrogen and oxygen atoms in total. The van der Waals surface area contributed by atoms with E-state index in [-0.39, 0.29) is 5.69 Å². The van der Waals surface area contributed by atoms with Crippen LogP contribution in [0.1, 0.15) is 16.1 Å². The molecule has 0 fully saturated rings. The van der Waals surface area contributed by atoms with Crippen LogP contribution in [0.5, 0.6) is 5.75 Å². The third-order valence-corrected chi connectivity index (χ3v) is 4.95. The van der Waals surface area contributed by atoms with E-state index in [4.69, 9.17) is 13.8 Å². The fourth-order valence-electron chi connectivity index (χ4n) is 1.91. The van der Waals surface area contributed by atoms with Crippen molar-refractivity contribution in [3.05, 3.63) is 59.9 Å². The van der Waals surface area contributed by atoms with Gasteiger partial charge in [-0.25, -0.2) is 4.98 Å². The molecule has 1 heterocycles. The lowest BCUT2D eigenvalue weighted by atomic mass is 10.2. The van der Waals surface area contributed by atoms with Gasteiger partial charge in [0, 0.05) is 20.4 Å². The number of carbonyl (C=O) groups is 1. The Hall–Kier alpha value is -2.01. The highest BCUT2D eigenvalue weighted by Gasteiger charge is 2.28. The summed E-state index contributed by atoms with van der Waals surface area (Å²) in [6, 6.07) is 12.9. The summed E-state index contributed by atoms with van der Waals surface area (Å²) in [6.07, 6.45) is 1.09. The van der Waals surface area contributed by atoms with E-state index in [0.717, 1.165) is 5.56 Å². The highest BCUT2D eigenvalue weighted by molar-refractivity contribution is 7.54. The number of Topliss-reactive ketones (excluding diaryl/α,β-unsaturated/α-hetero) is 1. The predicted molar refractivity (Wildman–Crippen MR) is 85.8 cm³/mol. The first-order valence-corrected chi connectivity index (χ1v) is 8.66. The maximum absolute atomic E-state index is 12.3. The van der Waals surface area contributed by atoms with Crippen LogP contribution in [0.3, 0.4) is 0 Å². The van der Waals surface area contributed by atoms with Gasteiger partial charge >= 0.3 is 7.60 Å². The molecule has 2 aromatic rings. The number of rotatable bonds is 8. The van der Waals surface area contributed by atoms with Crippen molar-refractivity contribution in [2.75, 3.05) is 20.4 Å². The molecule has 0 amide bonds. The van der Waals surface area contributed by atoms with Crippen molar-refractivity contribution < 1.29 is 23.1 Å². The monoisotopic (exact) mass is 335 g/mol. The number of ether oxygens (including phenoxy) is 1. The average molecular weight is 335 g/mol. The molecule has 1 aromatic heterocycles. The molecule has 0 aliphatic rings. The molecule has 0 saturated heterocycles. The summed E-state index contributed by atoms with van der Waals surface area (Å²) in [7, 11) is -0.967. The van der Waals surface area contributed by atoms with E-state index in [9.17, 15) is 9.36 Å². The number of hydrogen-bond donors (Lipinski definition) is 0. The van der Waals surface area contributed by atoms with Crippen LogP contribution in [0, 0.1) is 0 Å². The lowest BCUT2D eigenvalue weighted by Gasteiger charge is -2.14. The fraction of sp³-hybridized carbons (Fsp3) is 0.250. The molecule has 122 valence electrons. The van der Waals surface area contributed by atoms with E-state index in [0.29, 0.717) is 12.4 Å².